The molecule has 0 aliphatic carbocycles. The average Bonchev–Trinajstić information content (AvgIpc) is 3.19. The number of carbonyl (C=O) groups is 1. The van der Waals surface area contributed by atoms with Crippen molar-refractivity contribution in [2.45, 2.75) is 12.3 Å². The van der Waals surface area contributed by atoms with Gasteiger partial charge in [0, 0.05) is 23.7 Å². The molecule has 1 aliphatic heterocycles. The standard InChI is InChI=1S/C20H20N2O/c1-21-12-11-16(13-21)18-14-22(19-10-6-5-9-17(18)19)20(23)15-7-3-2-4-8-15/h2-10,14,16H,11-13H2,1H3/t16-/m1/s1. The van der Waals surface area contributed by atoms with E-state index in [1.54, 1.807) is 0 Å². The van der Waals surface area contributed by atoms with E-state index in [0.29, 0.717) is 5.92 Å². The van der Waals surface area contributed by atoms with Crippen LogP contribution in [0.3, 0.4) is 0 Å². The number of likely N-dealkylation sites (N-methyl/N-ethyl adjacent to an activating group) is 1. The molecular formula is C20H20N2O. The molecule has 0 amide bonds. The van der Waals surface area contributed by atoms with Crippen LogP contribution in [0.15, 0.2) is 60.8 Å². The quantitative estimate of drug-likeness (QED) is 0.720. The summed E-state index contributed by atoms with van der Waals surface area (Å²) in [7, 11) is 2.16. The SMILES string of the molecule is CN1CC[C@@H](c2cn(C(=O)c3ccccc3)c3ccccc23)C1. The number of carbonyl (C=O) groups excluding carboxylic acids is 1. The first-order chi connectivity index (χ1) is 11.2. The first-order valence-electron chi connectivity index (χ1n) is 8.12. The number of aromatic nitrogens is 1. The number of nitrogens with zero attached hydrogens (tertiary/aromatic N) is 2. The highest BCUT2D eigenvalue weighted by Crippen LogP contribution is 2.33. The summed E-state index contributed by atoms with van der Waals surface area (Å²) < 4.78 is 1.82. The van der Waals surface area contributed by atoms with Crippen LogP contribution in [0, 0.1) is 0 Å². The second-order valence-corrected chi connectivity index (χ2v) is 6.39. The second-order valence-electron chi connectivity index (χ2n) is 6.39. The van der Waals surface area contributed by atoms with Crippen molar-refractivity contribution >= 4 is 16.8 Å². The molecule has 116 valence electrons. The second kappa shape index (κ2) is 5.67. The van der Waals surface area contributed by atoms with Gasteiger partial charge in [-0.2, -0.15) is 0 Å². The Hall–Kier alpha value is -2.39. The van der Waals surface area contributed by atoms with Crippen molar-refractivity contribution in [3.8, 4) is 0 Å². The third-order valence-electron chi connectivity index (χ3n) is 4.81. The van der Waals surface area contributed by atoms with Gasteiger partial charge >= 0.3 is 0 Å². The Morgan fingerprint density at radius 1 is 1.04 bits per heavy atom. The van der Waals surface area contributed by atoms with Gasteiger partial charge in [0.2, 0.25) is 0 Å². The Bertz CT molecular complexity index is 850. The third-order valence-corrected chi connectivity index (χ3v) is 4.81. The molecule has 0 N–H and O–H groups in total. The molecule has 1 atom stereocenters. The Morgan fingerprint density at radius 3 is 2.52 bits per heavy atom. The molecule has 2 aromatic carbocycles. The van der Waals surface area contributed by atoms with Crippen molar-refractivity contribution in [1.82, 2.24) is 9.47 Å². The summed E-state index contributed by atoms with van der Waals surface area (Å²) in [6.07, 6.45) is 3.22. The van der Waals surface area contributed by atoms with Crippen LogP contribution in [0.25, 0.3) is 10.9 Å². The highest BCUT2D eigenvalue weighted by Gasteiger charge is 2.25. The maximum atomic E-state index is 12.9. The van der Waals surface area contributed by atoms with Gasteiger partial charge in [-0.1, -0.05) is 36.4 Å². The van der Waals surface area contributed by atoms with Crippen molar-refractivity contribution in [3.05, 3.63) is 71.9 Å². The first kappa shape index (κ1) is 14.2. The van der Waals surface area contributed by atoms with E-state index in [-0.39, 0.29) is 5.91 Å². The fraction of sp³-hybridized carbons (Fsp3) is 0.250. The number of fused-ring (bicyclic) bond motifs is 1. The smallest absolute Gasteiger partial charge is 0.262 e. The van der Waals surface area contributed by atoms with E-state index in [1.165, 1.54) is 10.9 Å². The summed E-state index contributed by atoms with van der Waals surface area (Å²) >= 11 is 0. The number of likely N-dealkylation sites (tertiary alicyclic amines) is 1. The molecule has 0 bridgehead atoms. The van der Waals surface area contributed by atoms with Crippen LogP contribution in [0.2, 0.25) is 0 Å². The molecule has 0 unspecified atom stereocenters. The van der Waals surface area contributed by atoms with Crippen LogP contribution >= 0.6 is 0 Å². The van der Waals surface area contributed by atoms with E-state index < -0.39 is 0 Å². The molecule has 1 saturated heterocycles. The van der Waals surface area contributed by atoms with E-state index in [0.717, 1.165) is 30.6 Å². The van der Waals surface area contributed by atoms with Crippen LogP contribution in [0.5, 0.6) is 0 Å². The van der Waals surface area contributed by atoms with Gasteiger partial charge < -0.3 is 4.90 Å². The Kier molecular flexibility index (Phi) is 3.50. The predicted molar refractivity (Wildman–Crippen MR) is 93.0 cm³/mol. The lowest BCUT2D eigenvalue weighted by atomic mass is 9.98. The van der Waals surface area contributed by atoms with E-state index in [4.69, 9.17) is 0 Å². The number of hydrogen-bond acceptors (Lipinski definition) is 2. The van der Waals surface area contributed by atoms with Crippen LogP contribution in [-0.4, -0.2) is 35.5 Å². The van der Waals surface area contributed by atoms with Gasteiger partial charge in [-0.15, -0.1) is 0 Å². The zero-order chi connectivity index (χ0) is 15.8. The first-order valence-corrected chi connectivity index (χ1v) is 8.12. The number of hydrogen-bond donors (Lipinski definition) is 0. The molecule has 3 heteroatoms. The maximum Gasteiger partial charge on any atom is 0.262 e. The summed E-state index contributed by atoms with van der Waals surface area (Å²) in [5.41, 5.74) is 3.03. The largest absolute Gasteiger partial charge is 0.306 e. The predicted octanol–water partition coefficient (Wildman–Crippen LogP) is 3.75. The maximum absolute atomic E-state index is 12.9. The van der Waals surface area contributed by atoms with Crippen molar-refractivity contribution in [3.63, 3.8) is 0 Å². The van der Waals surface area contributed by atoms with E-state index in [9.17, 15) is 4.79 Å². The molecule has 0 radical (unpaired) electrons. The van der Waals surface area contributed by atoms with E-state index in [1.807, 2.05) is 47.0 Å². The Balaban J connectivity index is 1.83. The van der Waals surface area contributed by atoms with Crippen molar-refractivity contribution < 1.29 is 4.79 Å². The zero-order valence-electron chi connectivity index (χ0n) is 13.3. The molecule has 4 rings (SSSR count). The fourth-order valence-electron chi connectivity index (χ4n) is 3.61. The summed E-state index contributed by atoms with van der Waals surface area (Å²) in [4.78, 5) is 15.3. The average molecular weight is 304 g/mol. The van der Waals surface area contributed by atoms with Crippen molar-refractivity contribution in [2.75, 3.05) is 20.1 Å². The van der Waals surface area contributed by atoms with Crippen LogP contribution in [0.4, 0.5) is 0 Å². The minimum atomic E-state index is 0.0411. The normalized spacial score (nSPS) is 18.6. The van der Waals surface area contributed by atoms with E-state index >= 15 is 0 Å². The van der Waals surface area contributed by atoms with Crippen LogP contribution in [-0.2, 0) is 0 Å². The van der Waals surface area contributed by atoms with E-state index in [2.05, 4.69) is 30.3 Å². The molecule has 0 spiro atoms. The molecule has 23 heavy (non-hydrogen) atoms. The lowest BCUT2D eigenvalue weighted by molar-refractivity contribution is 0.0965. The summed E-state index contributed by atoms with van der Waals surface area (Å²) in [5, 5.41) is 1.21. The molecule has 1 aromatic heterocycles. The molecule has 2 heterocycles. The molecule has 0 saturated carbocycles. The number of para-hydroxylation sites is 1. The fourth-order valence-corrected chi connectivity index (χ4v) is 3.61. The zero-order valence-corrected chi connectivity index (χ0v) is 13.3. The minimum Gasteiger partial charge on any atom is -0.306 e. The molecule has 1 aliphatic rings. The van der Waals surface area contributed by atoms with Gasteiger partial charge in [0.25, 0.3) is 5.91 Å². The summed E-state index contributed by atoms with van der Waals surface area (Å²) in [6, 6.07) is 17.7. The summed E-state index contributed by atoms with van der Waals surface area (Å²) in [5.74, 6) is 0.550. The molecule has 3 aromatic rings. The van der Waals surface area contributed by atoms with Crippen LogP contribution in [0.1, 0.15) is 28.3 Å². The topological polar surface area (TPSA) is 25.2 Å². The number of rotatable bonds is 2. The molecular weight excluding hydrogens is 284 g/mol. The van der Waals surface area contributed by atoms with Crippen molar-refractivity contribution in [1.29, 1.82) is 0 Å². The lowest BCUT2D eigenvalue weighted by Crippen LogP contribution is -2.13. The molecule has 3 nitrogen and oxygen atoms in total. The van der Waals surface area contributed by atoms with Gasteiger partial charge in [0.15, 0.2) is 0 Å². The van der Waals surface area contributed by atoms with Gasteiger partial charge in [0.05, 0.1) is 5.52 Å². The summed E-state index contributed by atoms with van der Waals surface area (Å²) in [6.45, 7) is 2.18. The molecule has 1 fully saturated rings. The Labute approximate surface area is 136 Å². The van der Waals surface area contributed by atoms with Gasteiger partial charge in [-0.25, -0.2) is 0 Å². The highest BCUT2D eigenvalue weighted by atomic mass is 16.2. The van der Waals surface area contributed by atoms with Gasteiger partial charge in [-0.05, 0) is 49.7 Å². The minimum absolute atomic E-state index is 0.0411. The lowest BCUT2D eigenvalue weighted by Gasteiger charge is -2.09. The monoisotopic (exact) mass is 304 g/mol. The third kappa shape index (κ3) is 2.47. The van der Waals surface area contributed by atoms with Crippen molar-refractivity contribution in [2.24, 2.45) is 0 Å². The Morgan fingerprint density at radius 2 is 1.78 bits per heavy atom. The number of benzene rings is 2. The highest BCUT2D eigenvalue weighted by molar-refractivity contribution is 6.03. The van der Waals surface area contributed by atoms with Gasteiger partial charge in [-0.3, -0.25) is 9.36 Å². The van der Waals surface area contributed by atoms with Crippen LogP contribution < -0.4 is 0 Å². The van der Waals surface area contributed by atoms with Gasteiger partial charge in [0.1, 0.15) is 0 Å².